The third-order valence-corrected chi connectivity index (χ3v) is 4.07. The molecule has 25 heavy (non-hydrogen) atoms. The third-order valence-electron chi connectivity index (χ3n) is 4.07. The quantitative estimate of drug-likeness (QED) is 0.527. The van der Waals surface area contributed by atoms with Gasteiger partial charge in [0.25, 0.3) is 0 Å². The summed E-state index contributed by atoms with van der Waals surface area (Å²) in [4.78, 5) is 9.28. The van der Waals surface area contributed by atoms with Crippen LogP contribution < -0.4 is 5.46 Å². The fraction of sp³-hybridized carbons (Fsp3) is 0. The average molecular weight is 318 g/mol. The smallest absolute Gasteiger partial charge is 0.113 e. The van der Waals surface area contributed by atoms with E-state index in [1.165, 1.54) is 0 Å². The van der Waals surface area contributed by atoms with Gasteiger partial charge in [-0.15, -0.1) is 0 Å². The summed E-state index contributed by atoms with van der Waals surface area (Å²) in [6.07, 6.45) is 1.79. The number of nitrogens with zero attached hydrogens (tertiary/aromatic N) is 2. The summed E-state index contributed by atoms with van der Waals surface area (Å²) in [5, 5.41) is 0. The number of benzene rings is 2. The molecule has 0 fully saturated rings. The van der Waals surface area contributed by atoms with Crippen molar-refractivity contribution in [2.45, 2.75) is 0 Å². The van der Waals surface area contributed by atoms with E-state index >= 15 is 0 Å². The minimum atomic E-state index is 0.743. The van der Waals surface area contributed by atoms with Crippen LogP contribution >= 0.6 is 0 Å². The Morgan fingerprint density at radius 1 is 0.560 bits per heavy atom. The van der Waals surface area contributed by atoms with Crippen LogP contribution in [-0.4, -0.2) is 17.8 Å². The average Bonchev–Trinajstić information content (AvgIpc) is 2.69. The van der Waals surface area contributed by atoms with Gasteiger partial charge in [0, 0.05) is 11.8 Å². The van der Waals surface area contributed by atoms with Crippen LogP contribution in [0, 0.1) is 0 Å². The predicted molar refractivity (Wildman–Crippen MR) is 104 cm³/mol. The Balaban J connectivity index is 1.90. The second-order valence-corrected chi connectivity index (χ2v) is 5.83. The molecule has 0 atom stereocenters. The van der Waals surface area contributed by atoms with E-state index in [0.717, 1.165) is 39.2 Å². The Labute approximate surface area is 148 Å². The molecule has 3 heteroatoms. The molecule has 2 aromatic heterocycles. The predicted octanol–water partition coefficient (Wildman–Crippen LogP) is 4.27. The van der Waals surface area contributed by atoms with Crippen molar-refractivity contribution in [1.29, 1.82) is 0 Å². The molecule has 4 aromatic rings. The molecule has 0 aliphatic heterocycles. The van der Waals surface area contributed by atoms with E-state index in [1.54, 1.807) is 6.20 Å². The summed E-state index contributed by atoms with van der Waals surface area (Å²) in [6, 6.07) is 28.1. The van der Waals surface area contributed by atoms with E-state index in [4.69, 9.17) is 12.8 Å². The number of hydrogen-bond donors (Lipinski definition) is 0. The van der Waals surface area contributed by atoms with Crippen LogP contribution in [0.3, 0.4) is 0 Å². The number of pyridine rings is 2. The van der Waals surface area contributed by atoms with Gasteiger partial charge in [0.1, 0.15) is 7.85 Å². The fourth-order valence-electron chi connectivity index (χ4n) is 2.78. The zero-order chi connectivity index (χ0) is 17.1. The molecule has 4 rings (SSSR count). The van der Waals surface area contributed by atoms with Gasteiger partial charge in [0.15, 0.2) is 0 Å². The van der Waals surface area contributed by atoms with Crippen molar-refractivity contribution < 1.29 is 0 Å². The number of rotatable bonds is 3. The van der Waals surface area contributed by atoms with Crippen LogP contribution in [0.15, 0.2) is 91.1 Å². The SMILES string of the molecule is [B]c1ccc(-c2cc(-c3ccccc3)cc(-c3ccccn3)n2)cc1. The van der Waals surface area contributed by atoms with Gasteiger partial charge in [-0.2, -0.15) is 0 Å². The zero-order valence-electron chi connectivity index (χ0n) is 13.6. The van der Waals surface area contributed by atoms with E-state index in [-0.39, 0.29) is 0 Å². The van der Waals surface area contributed by atoms with E-state index in [1.807, 2.05) is 60.7 Å². The molecule has 0 unspecified atom stereocenters. The minimum absolute atomic E-state index is 0.743. The van der Waals surface area contributed by atoms with Gasteiger partial charge in [0.05, 0.1) is 17.1 Å². The highest BCUT2D eigenvalue weighted by molar-refractivity contribution is 6.32. The maximum Gasteiger partial charge on any atom is 0.113 e. The van der Waals surface area contributed by atoms with Gasteiger partial charge in [-0.3, -0.25) is 4.98 Å². The van der Waals surface area contributed by atoms with Gasteiger partial charge >= 0.3 is 0 Å². The largest absolute Gasteiger partial charge is 0.255 e. The number of hydrogen-bond acceptors (Lipinski definition) is 2. The number of aromatic nitrogens is 2. The van der Waals surface area contributed by atoms with Crippen molar-refractivity contribution >= 4 is 13.3 Å². The molecule has 2 aromatic carbocycles. The van der Waals surface area contributed by atoms with E-state index in [9.17, 15) is 0 Å². The van der Waals surface area contributed by atoms with Gasteiger partial charge in [-0.25, -0.2) is 4.98 Å². The van der Waals surface area contributed by atoms with Crippen LogP contribution in [0.5, 0.6) is 0 Å². The maximum absolute atomic E-state index is 5.82. The Hall–Kier alpha value is -3.20. The van der Waals surface area contributed by atoms with Crippen LogP contribution in [0.1, 0.15) is 0 Å². The van der Waals surface area contributed by atoms with Crippen molar-refractivity contribution in [2.24, 2.45) is 0 Å². The molecule has 0 saturated carbocycles. The molecule has 0 amide bonds. The highest BCUT2D eigenvalue weighted by Gasteiger charge is 2.09. The standard InChI is InChI=1S/C22H15BN2/c23-19-11-9-17(10-12-19)21-14-18(16-6-2-1-3-7-16)15-22(25-21)20-8-4-5-13-24-20/h1-15H. The molecule has 2 heterocycles. The molecule has 0 N–H and O–H groups in total. The van der Waals surface area contributed by atoms with Crippen molar-refractivity contribution in [3.8, 4) is 33.8 Å². The lowest BCUT2D eigenvalue weighted by atomic mass is 9.94. The molecule has 2 nitrogen and oxygen atoms in total. The minimum Gasteiger partial charge on any atom is -0.255 e. The molecule has 0 bridgehead atoms. The second kappa shape index (κ2) is 6.74. The van der Waals surface area contributed by atoms with Crippen LogP contribution in [-0.2, 0) is 0 Å². The van der Waals surface area contributed by atoms with E-state index < -0.39 is 0 Å². The van der Waals surface area contributed by atoms with Crippen molar-refractivity contribution in [1.82, 2.24) is 9.97 Å². The molecule has 2 radical (unpaired) electrons. The first-order chi connectivity index (χ1) is 12.3. The molecule has 0 aliphatic carbocycles. The second-order valence-electron chi connectivity index (χ2n) is 5.83. The van der Waals surface area contributed by atoms with Gasteiger partial charge in [0.2, 0.25) is 0 Å². The monoisotopic (exact) mass is 318 g/mol. The highest BCUT2D eigenvalue weighted by atomic mass is 14.8. The normalized spacial score (nSPS) is 10.6. The lowest BCUT2D eigenvalue weighted by Gasteiger charge is -2.10. The first-order valence-corrected chi connectivity index (χ1v) is 8.14. The van der Waals surface area contributed by atoms with Crippen LogP contribution in [0.25, 0.3) is 33.8 Å². The van der Waals surface area contributed by atoms with Gasteiger partial charge in [-0.05, 0) is 35.4 Å². The maximum atomic E-state index is 5.82. The highest BCUT2D eigenvalue weighted by Crippen LogP contribution is 2.29. The first-order valence-electron chi connectivity index (χ1n) is 8.14. The van der Waals surface area contributed by atoms with Crippen molar-refractivity contribution in [2.75, 3.05) is 0 Å². The molecule has 116 valence electrons. The van der Waals surface area contributed by atoms with E-state index in [0.29, 0.717) is 0 Å². The van der Waals surface area contributed by atoms with Crippen molar-refractivity contribution in [3.05, 3.63) is 91.1 Å². The lowest BCUT2D eigenvalue weighted by molar-refractivity contribution is 1.25. The zero-order valence-corrected chi connectivity index (χ0v) is 13.6. The summed E-state index contributed by atoms with van der Waals surface area (Å²) in [5.41, 5.74) is 6.66. The first kappa shape index (κ1) is 15.3. The fourth-order valence-corrected chi connectivity index (χ4v) is 2.78. The topological polar surface area (TPSA) is 25.8 Å². The Morgan fingerprint density at radius 2 is 1.28 bits per heavy atom. The lowest BCUT2D eigenvalue weighted by Crippen LogP contribution is -2.00. The van der Waals surface area contributed by atoms with Gasteiger partial charge < -0.3 is 0 Å². The summed E-state index contributed by atoms with van der Waals surface area (Å²) in [5.74, 6) is 0. The Bertz CT molecular complexity index is 924. The molecular weight excluding hydrogens is 303 g/mol. The molecule has 0 aliphatic rings. The van der Waals surface area contributed by atoms with Crippen LogP contribution in [0.4, 0.5) is 0 Å². The molecular formula is C22H15BN2. The van der Waals surface area contributed by atoms with Crippen molar-refractivity contribution in [3.63, 3.8) is 0 Å². The molecule has 0 saturated heterocycles. The third kappa shape index (κ3) is 3.36. The van der Waals surface area contributed by atoms with E-state index in [2.05, 4.69) is 29.2 Å². The summed E-state index contributed by atoms with van der Waals surface area (Å²) >= 11 is 0. The summed E-state index contributed by atoms with van der Waals surface area (Å²) in [6.45, 7) is 0. The Kier molecular flexibility index (Phi) is 4.13. The molecule has 0 spiro atoms. The van der Waals surface area contributed by atoms with Gasteiger partial charge in [-0.1, -0.05) is 66.1 Å². The Morgan fingerprint density at radius 3 is 2.00 bits per heavy atom. The summed E-state index contributed by atoms with van der Waals surface area (Å²) < 4.78 is 0. The summed E-state index contributed by atoms with van der Waals surface area (Å²) in [7, 11) is 5.82. The van der Waals surface area contributed by atoms with Crippen LogP contribution in [0.2, 0.25) is 0 Å².